The molecule has 176 valence electrons. The van der Waals surface area contributed by atoms with Gasteiger partial charge in [0.15, 0.2) is 5.16 Å². The lowest BCUT2D eigenvalue weighted by atomic mass is 9.90. The van der Waals surface area contributed by atoms with Gasteiger partial charge in [-0.05, 0) is 60.2 Å². The van der Waals surface area contributed by atoms with Crippen molar-refractivity contribution in [1.82, 2.24) is 9.55 Å². The zero-order chi connectivity index (χ0) is 23.5. The number of hydrogen-bond donors (Lipinski definition) is 0. The fourth-order valence-electron chi connectivity index (χ4n) is 4.69. The van der Waals surface area contributed by atoms with Crippen LogP contribution in [-0.4, -0.2) is 22.4 Å². The number of methoxy groups -OCH3 is 1. The summed E-state index contributed by atoms with van der Waals surface area (Å²) in [7, 11) is 1.66. The van der Waals surface area contributed by atoms with Crippen molar-refractivity contribution in [3.63, 3.8) is 0 Å². The van der Waals surface area contributed by atoms with E-state index in [-0.39, 0.29) is 5.56 Å². The molecule has 0 bridgehead atoms. The van der Waals surface area contributed by atoms with E-state index in [9.17, 15) is 4.79 Å². The maximum atomic E-state index is 14.0. The maximum Gasteiger partial charge on any atom is 0.267 e. The highest BCUT2D eigenvalue weighted by Gasteiger charge is 2.25. The Labute approximate surface area is 209 Å². The average molecular weight is 491 g/mol. The van der Waals surface area contributed by atoms with Crippen LogP contribution in [0.1, 0.15) is 50.2 Å². The van der Waals surface area contributed by atoms with Crippen LogP contribution in [0.5, 0.6) is 5.75 Å². The van der Waals surface area contributed by atoms with Crippen LogP contribution in [0.4, 0.5) is 0 Å². The molecule has 5 rings (SSSR count). The number of ether oxygens (including phenoxy) is 1. The molecule has 2 aromatic heterocycles. The third-order valence-corrected chi connectivity index (χ3v) is 8.69. The minimum atomic E-state index is 0.0422. The van der Waals surface area contributed by atoms with E-state index >= 15 is 0 Å². The van der Waals surface area contributed by atoms with Gasteiger partial charge < -0.3 is 4.74 Å². The molecular weight excluding hydrogens is 460 g/mol. The lowest BCUT2D eigenvalue weighted by Gasteiger charge is -2.16. The zero-order valence-corrected chi connectivity index (χ0v) is 21.4. The monoisotopic (exact) mass is 490 g/mol. The van der Waals surface area contributed by atoms with Gasteiger partial charge in [0.2, 0.25) is 0 Å². The summed E-state index contributed by atoms with van der Waals surface area (Å²) in [5.41, 5.74) is 4.66. The fourth-order valence-corrected chi connectivity index (χ4v) is 7.02. The van der Waals surface area contributed by atoms with Gasteiger partial charge in [0.05, 0.1) is 18.2 Å². The molecule has 0 unspecified atom stereocenters. The Morgan fingerprint density at radius 3 is 2.62 bits per heavy atom. The molecule has 0 saturated carbocycles. The molecule has 0 aliphatic heterocycles. The van der Waals surface area contributed by atoms with E-state index < -0.39 is 0 Å². The Hall–Kier alpha value is -2.57. The summed E-state index contributed by atoms with van der Waals surface area (Å²) < 4.78 is 7.15. The van der Waals surface area contributed by atoms with Crippen LogP contribution in [0.25, 0.3) is 26.3 Å². The summed E-state index contributed by atoms with van der Waals surface area (Å²) in [6.45, 7) is 2.24. The van der Waals surface area contributed by atoms with Crippen LogP contribution in [0.15, 0.2) is 58.5 Å². The smallest absolute Gasteiger partial charge is 0.267 e. The van der Waals surface area contributed by atoms with Gasteiger partial charge >= 0.3 is 0 Å². The first-order valence-electron chi connectivity index (χ1n) is 12.1. The van der Waals surface area contributed by atoms with Gasteiger partial charge in [-0.25, -0.2) is 4.98 Å². The molecule has 1 aliphatic carbocycles. The topological polar surface area (TPSA) is 44.1 Å². The number of thiophene rings is 1. The normalized spacial score (nSPS) is 12.5. The van der Waals surface area contributed by atoms with E-state index in [0.29, 0.717) is 0 Å². The van der Waals surface area contributed by atoms with Gasteiger partial charge in [0.1, 0.15) is 10.6 Å². The molecular formula is C28H30N2O2S2. The van der Waals surface area contributed by atoms with Crippen molar-refractivity contribution >= 4 is 33.3 Å². The van der Waals surface area contributed by atoms with Gasteiger partial charge in [-0.1, -0.05) is 68.6 Å². The summed E-state index contributed by atoms with van der Waals surface area (Å²) in [6, 6.07) is 16.3. The third kappa shape index (κ3) is 4.41. The Balaban J connectivity index is 1.59. The Morgan fingerprint density at radius 2 is 1.82 bits per heavy atom. The van der Waals surface area contributed by atoms with E-state index in [1.165, 1.54) is 41.7 Å². The molecule has 1 aliphatic rings. The van der Waals surface area contributed by atoms with Crippen molar-refractivity contribution in [2.45, 2.75) is 57.0 Å². The second-order valence-corrected chi connectivity index (χ2v) is 10.8. The highest BCUT2D eigenvalue weighted by Crippen LogP contribution is 2.42. The number of thioether (sulfide) groups is 1. The first-order chi connectivity index (χ1) is 16.7. The average Bonchev–Trinajstić information content (AvgIpc) is 3.25. The van der Waals surface area contributed by atoms with Gasteiger partial charge in [-0.3, -0.25) is 9.36 Å². The third-order valence-electron chi connectivity index (χ3n) is 6.51. The van der Waals surface area contributed by atoms with Gasteiger partial charge in [0, 0.05) is 10.6 Å². The molecule has 0 amide bonds. The molecule has 2 heterocycles. The number of unbranched alkanes of at least 4 members (excludes halogenated alkanes) is 4. The van der Waals surface area contributed by atoms with Crippen molar-refractivity contribution in [2.75, 3.05) is 12.9 Å². The molecule has 34 heavy (non-hydrogen) atoms. The molecule has 0 fully saturated rings. The van der Waals surface area contributed by atoms with Gasteiger partial charge in [-0.15, -0.1) is 11.3 Å². The van der Waals surface area contributed by atoms with Crippen LogP contribution >= 0.6 is 23.1 Å². The van der Waals surface area contributed by atoms with Crippen molar-refractivity contribution in [3.8, 4) is 21.9 Å². The summed E-state index contributed by atoms with van der Waals surface area (Å²) in [6.07, 6.45) is 8.00. The number of hydrogen-bond acceptors (Lipinski definition) is 5. The first kappa shape index (κ1) is 23.2. The van der Waals surface area contributed by atoms with Crippen molar-refractivity contribution in [3.05, 3.63) is 70.0 Å². The van der Waals surface area contributed by atoms with Crippen molar-refractivity contribution in [2.24, 2.45) is 0 Å². The van der Waals surface area contributed by atoms with Gasteiger partial charge in [0.25, 0.3) is 5.56 Å². The molecule has 6 heteroatoms. The van der Waals surface area contributed by atoms with Crippen LogP contribution in [0.3, 0.4) is 0 Å². The molecule has 0 atom stereocenters. The van der Waals surface area contributed by atoms with Crippen LogP contribution in [0, 0.1) is 0 Å². The Kier molecular flexibility index (Phi) is 7.07. The maximum absolute atomic E-state index is 14.0. The minimum Gasteiger partial charge on any atom is -0.497 e. The number of fused-ring (bicyclic) bond motifs is 5. The predicted octanol–water partition coefficient (Wildman–Crippen LogP) is 7.28. The number of aromatic nitrogens is 2. The molecule has 0 radical (unpaired) electrons. The number of aryl methyl sites for hydroxylation is 2. The highest BCUT2D eigenvalue weighted by atomic mass is 32.2. The van der Waals surface area contributed by atoms with Crippen molar-refractivity contribution < 1.29 is 4.74 Å². The van der Waals surface area contributed by atoms with E-state index in [1.54, 1.807) is 30.2 Å². The zero-order valence-electron chi connectivity index (χ0n) is 19.8. The van der Waals surface area contributed by atoms with E-state index in [4.69, 9.17) is 9.72 Å². The molecule has 4 aromatic rings. The predicted molar refractivity (Wildman–Crippen MR) is 144 cm³/mol. The molecule has 4 nitrogen and oxygen atoms in total. The summed E-state index contributed by atoms with van der Waals surface area (Å²) in [5.74, 6) is 1.74. The SMILES string of the molecule is CCCCCCCSc1nc2sc3c(c2c(=O)n1-c1ccc(OC)cc1)CCc1ccccc1-3. The number of rotatable bonds is 9. The van der Waals surface area contributed by atoms with E-state index in [1.807, 2.05) is 28.8 Å². The quantitative estimate of drug-likeness (QED) is 0.140. The van der Waals surface area contributed by atoms with Crippen LogP contribution < -0.4 is 10.3 Å². The van der Waals surface area contributed by atoms with Crippen LogP contribution in [0.2, 0.25) is 0 Å². The molecule has 0 N–H and O–H groups in total. The lowest BCUT2D eigenvalue weighted by molar-refractivity contribution is 0.414. The first-order valence-corrected chi connectivity index (χ1v) is 14.0. The Morgan fingerprint density at radius 1 is 1.03 bits per heavy atom. The highest BCUT2D eigenvalue weighted by molar-refractivity contribution is 7.99. The van der Waals surface area contributed by atoms with Gasteiger partial charge in [-0.2, -0.15) is 0 Å². The summed E-state index contributed by atoms with van der Waals surface area (Å²) in [4.78, 5) is 21.2. The largest absolute Gasteiger partial charge is 0.497 e. The Bertz CT molecular complexity index is 1360. The lowest BCUT2D eigenvalue weighted by Crippen LogP contribution is -2.22. The van der Waals surface area contributed by atoms with E-state index in [2.05, 4.69) is 31.2 Å². The molecule has 0 saturated heterocycles. The van der Waals surface area contributed by atoms with Crippen molar-refractivity contribution in [1.29, 1.82) is 0 Å². The van der Waals surface area contributed by atoms with E-state index in [0.717, 1.165) is 57.4 Å². The molecule has 0 spiro atoms. The number of nitrogens with zero attached hydrogens (tertiary/aromatic N) is 2. The summed E-state index contributed by atoms with van der Waals surface area (Å²) in [5, 5.41) is 1.57. The second kappa shape index (κ2) is 10.4. The number of benzene rings is 2. The summed E-state index contributed by atoms with van der Waals surface area (Å²) >= 11 is 3.37. The standard InChI is InChI=1S/C28H30N2O2S2/c1-3-4-5-6-9-18-33-28-29-26-24(27(31)30(28)20-13-15-21(32-2)16-14-20)23-17-12-19-10-7-8-11-22(19)25(23)34-26/h7-8,10-11,13-16H,3-6,9,12,17-18H2,1-2H3. The minimum absolute atomic E-state index is 0.0422. The molecule has 2 aromatic carbocycles. The fraction of sp³-hybridized carbons (Fsp3) is 0.357. The second-order valence-electron chi connectivity index (χ2n) is 8.74. The van der Waals surface area contributed by atoms with Crippen LogP contribution in [-0.2, 0) is 12.8 Å².